The van der Waals surface area contributed by atoms with E-state index >= 15 is 0 Å². The fourth-order valence-corrected chi connectivity index (χ4v) is 1.46. The van der Waals surface area contributed by atoms with E-state index in [4.69, 9.17) is 0 Å². The molecule has 0 spiro atoms. The Kier molecular flexibility index (Phi) is 2.15. The van der Waals surface area contributed by atoms with Crippen molar-refractivity contribution in [3.05, 3.63) is 29.3 Å². The number of ketones is 1. The number of azo groups is 1. The van der Waals surface area contributed by atoms with Gasteiger partial charge in [0.1, 0.15) is 0 Å². The van der Waals surface area contributed by atoms with Crippen LogP contribution in [0.5, 0.6) is 0 Å². The van der Waals surface area contributed by atoms with Crippen molar-refractivity contribution in [2.45, 2.75) is 20.4 Å². The van der Waals surface area contributed by atoms with Gasteiger partial charge in [-0.25, -0.2) is 0 Å². The van der Waals surface area contributed by atoms with E-state index in [0.29, 0.717) is 6.54 Å². The quantitative estimate of drug-likeness (QED) is 0.657. The molecule has 0 N–H and O–H groups in total. The number of fused-ring (bicyclic) bond motifs is 1. The number of hydrogen-bond donors (Lipinski definition) is 0. The topological polar surface area (TPSA) is 41.8 Å². The number of rotatable bonds is 2. The van der Waals surface area contributed by atoms with Crippen LogP contribution in [0.1, 0.15) is 29.8 Å². The molecule has 2 rings (SSSR count). The van der Waals surface area contributed by atoms with Gasteiger partial charge < -0.3 is 0 Å². The van der Waals surface area contributed by atoms with Gasteiger partial charge in [0.15, 0.2) is 5.78 Å². The molecule has 72 valence electrons. The Morgan fingerprint density at radius 1 is 1.43 bits per heavy atom. The number of carbonyl (C=O) groups is 1. The molecule has 0 aromatic heterocycles. The highest BCUT2D eigenvalue weighted by atomic mass is 16.1. The summed E-state index contributed by atoms with van der Waals surface area (Å²) in [6.07, 6.45) is 0. The summed E-state index contributed by atoms with van der Waals surface area (Å²) >= 11 is 0. The zero-order chi connectivity index (χ0) is 10.1. The summed E-state index contributed by atoms with van der Waals surface area (Å²) < 4.78 is 0. The molecule has 1 aromatic carbocycles. The zero-order valence-corrected chi connectivity index (χ0v) is 8.32. The first kappa shape index (κ1) is 9.06. The van der Waals surface area contributed by atoms with E-state index in [1.807, 2.05) is 32.0 Å². The lowest BCUT2D eigenvalue weighted by molar-refractivity contribution is 0.0939. The second-order valence-electron chi connectivity index (χ2n) is 3.76. The summed E-state index contributed by atoms with van der Waals surface area (Å²) in [4.78, 5) is 11.7. The van der Waals surface area contributed by atoms with Gasteiger partial charge in [0, 0.05) is 17.0 Å². The molecule has 0 atom stereocenters. The van der Waals surface area contributed by atoms with E-state index in [1.165, 1.54) is 0 Å². The van der Waals surface area contributed by atoms with E-state index in [2.05, 4.69) is 10.2 Å². The van der Waals surface area contributed by atoms with Gasteiger partial charge in [0.05, 0.1) is 12.2 Å². The van der Waals surface area contributed by atoms with Crippen LogP contribution < -0.4 is 0 Å². The van der Waals surface area contributed by atoms with E-state index in [-0.39, 0.29) is 11.7 Å². The van der Waals surface area contributed by atoms with Gasteiger partial charge in [-0.1, -0.05) is 26.0 Å². The largest absolute Gasteiger partial charge is 0.294 e. The molecule has 1 aliphatic heterocycles. The van der Waals surface area contributed by atoms with Gasteiger partial charge in [-0.2, -0.15) is 10.2 Å². The Bertz CT molecular complexity index is 408. The molecule has 0 saturated carbocycles. The first-order chi connectivity index (χ1) is 6.68. The third kappa shape index (κ3) is 1.45. The zero-order valence-electron chi connectivity index (χ0n) is 8.32. The van der Waals surface area contributed by atoms with E-state index in [1.54, 1.807) is 0 Å². The predicted molar refractivity (Wildman–Crippen MR) is 53.8 cm³/mol. The minimum atomic E-state index is 0.0337. The second-order valence-corrected chi connectivity index (χ2v) is 3.76. The maximum absolute atomic E-state index is 11.7. The number of nitrogens with zero attached hydrogens (tertiary/aromatic N) is 2. The predicted octanol–water partition coefficient (Wildman–Crippen LogP) is 3.12. The fraction of sp³-hybridized carbons (Fsp3) is 0.364. The Balaban J connectivity index is 2.37. The number of carbonyl (C=O) groups excluding carboxylic acids is 1. The number of benzene rings is 1. The normalized spacial score (nSPS) is 13.4. The second kappa shape index (κ2) is 3.33. The average Bonchev–Trinajstić information content (AvgIpc) is 2.62. The molecule has 0 saturated heterocycles. The molecular formula is C11H12N2O. The van der Waals surface area contributed by atoms with Crippen LogP contribution >= 0.6 is 0 Å². The SMILES string of the molecule is CC(C)C(=O)c1ccc2c(c1)N=NC2. The molecule has 1 aliphatic rings. The molecule has 0 fully saturated rings. The highest BCUT2D eigenvalue weighted by Crippen LogP contribution is 2.28. The molecule has 0 amide bonds. The van der Waals surface area contributed by atoms with Crippen molar-refractivity contribution < 1.29 is 4.79 Å². The Morgan fingerprint density at radius 2 is 2.21 bits per heavy atom. The standard InChI is InChI=1S/C11H12N2O/c1-7(2)11(14)8-3-4-9-6-12-13-10(9)5-8/h3-5,7H,6H2,1-2H3. The highest BCUT2D eigenvalue weighted by Gasteiger charge is 2.14. The van der Waals surface area contributed by atoms with Crippen molar-refractivity contribution in [1.29, 1.82) is 0 Å². The van der Waals surface area contributed by atoms with Crippen molar-refractivity contribution in [1.82, 2.24) is 0 Å². The monoisotopic (exact) mass is 188 g/mol. The molecule has 0 unspecified atom stereocenters. The first-order valence-electron chi connectivity index (χ1n) is 4.73. The van der Waals surface area contributed by atoms with Crippen molar-refractivity contribution in [3.63, 3.8) is 0 Å². The van der Waals surface area contributed by atoms with Crippen LogP contribution in [0.2, 0.25) is 0 Å². The number of hydrogen-bond acceptors (Lipinski definition) is 3. The van der Waals surface area contributed by atoms with E-state index in [0.717, 1.165) is 16.8 Å². The molecule has 1 heterocycles. The number of Topliss-reactive ketones (excluding diaryl/α,β-unsaturated/α-hetero) is 1. The average molecular weight is 188 g/mol. The van der Waals surface area contributed by atoms with Crippen molar-refractivity contribution in [2.24, 2.45) is 16.1 Å². The Labute approximate surface area is 82.9 Å². The minimum Gasteiger partial charge on any atom is -0.294 e. The van der Waals surface area contributed by atoms with Crippen LogP contribution in [-0.2, 0) is 6.54 Å². The third-order valence-electron chi connectivity index (χ3n) is 2.31. The van der Waals surface area contributed by atoms with Gasteiger partial charge in [0.25, 0.3) is 0 Å². The molecule has 0 radical (unpaired) electrons. The van der Waals surface area contributed by atoms with Gasteiger partial charge in [0.2, 0.25) is 0 Å². The lowest BCUT2D eigenvalue weighted by Crippen LogP contribution is -2.07. The Hall–Kier alpha value is -1.51. The van der Waals surface area contributed by atoms with Gasteiger partial charge in [-0.15, -0.1) is 0 Å². The third-order valence-corrected chi connectivity index (χ3v) is 2.31. The van der Waals surface area contributed by atoms with Crippen LogP contribution in [0, 0.1) is 5.92 Å². The van der Waals surface area contributed by atoms with Crippen LogP contribution in [0.15, 0.2) is 28.4 Å². The fourth-order valence-electron chi connectivity index (χ4n) is 1.46. The highest BCUT2D eigenvalue weighted by molar-refractivity contribution is 5.98. The van der Waals surface area contributed by atoms with Gasteiger partial charge >= 0.3 is 0 Å². The van der Waals surface area contributed by atoms with Crippen LogP contribution in [0.3, 0.4) is 0 Å². The van der Waals surface area contributed by atoms with Crippen molar-refractivity contribution in [3.8, 4) is 0 Å². The maximum atomic E-state index is 11.7. The first-order valence-corrected chi connectivity index (χ1v) is 4.73. The summed E-state index contributed by atoms with van der Waals surface area (Å²) in [6.45, 7) is 4.44. The van der Waals surface area contributed by atoms with Crippen molar-refractivity contribution >= 4 is 11.5 Å². The smallest absolute Gasteiger partial charge is 0.165 e. The molecule has 0 aliphatic carbocycles. The molecule has 14 heavy (non-hydrogen) atoms. The van der Waals surface area contributed by atoms with Gasteiger partial charge in [-0.3, -0.25) is 4.79 Å². The summed E-state index contributed by atoms with van der Waals surface area (Å²) in [5.74, 6) is 0.196. The molecule has 3 heteroatoms. The van der Waals surface area contributed by atoms with Crippen LogP contribution in [0.4, 0.5) is 5.69 Å². The Morgan fingerprint density at radius 3 is 2.93 bits per heavy atom. The van der Waals surface area contributed by atoms with E-state index in [9.17, 15) is 4.79 Å². The molecular weight excluding hydrogens is 176 g/mol. The summed E-state index contributed by atoms with van der Waals surface area (Å²) in [5, 5.41) is 7.88. The maximum Gasteiger partial charge on any atom is 0.165 e. The van der Waals surface area contributed by atoms with E-state index < -0.39 is 0 Å². The molecule has 3 nitrogen and oxygen atoms in total. The summed E-state index contributed by atoms with van der Waals surface area (Å²) in [7, 11) is 0. The summed E-state index contributed by atoms with van der Waals surface area (Å²) in [5.41, 5.74) is 2.68. The molecule has 1 aromatic rings. The van der Waals surface area contributed by atoms with Gasteiger partial charge in [-0.05, 0) is 6.07 Å². The minimum absolute atomic E-state index is 0.0337. The van der Waals surface area contributed by atoms with Crippen molar-refractivity contribution in [2.75, 3.05) is 0 Å². The van der Waals surface area contributed by atoms with Crippen LogP contribution in [-0.4, -0.2) is 5.78 Å². The lowest BCUT2D eigenvalue weighted by Gasteiger charge is -2.04. The lowest BCUT2D eigenvalue weighted by atomic mass is 9.99. The van der Waals surface area contributed by atoms with Crippen LogP contribution in [0.25, 0.3) is 0 Å². The summed E-state index contributed by atoms with van der Waals surface area (Å²) in [6, 6.07) is 5.62. The molecule has 0 bridgehead atoms.